The normalized spacial score (nSPS) is 20.4. The molecule has 3 heterocycles. The van der Waals surface area contributed by atoms with Crippen molar-refractivity contribution in [2.75, 3.05) is 18.0 Å². The summed E-state index contributed by atoms with van der Waals surface area (Å²) in [4.78, 5) is 19.4. The fourth-order valence-corrected chi connectivity index (χ4v) is 4.05. The van der Waals surface area contributed by atoms with Crippen molar-refractivity contribution in [3.63, 3.8) is 0 Å². The third kappa shape index (κ3) is 3.84. The highest BCUT2D eigenvalue weighted by Gasteiger charge is 2.24. The predicted molar refractivity (Wildman–Crippen MR) is 110 cm³/mol. The number of carbonyl (C=O) groups excluding carboxylic acids is 1. The van der Waals surface area contributed by atoms with E-state index < -0.39 is 0 Å². The number of benzene rings is 1. The molecular weight excluding hydrogens is 438 g/mol. The number of nitrogens with zero attached hydrogens (tertiary/aromatic N) is 2. The van der Waals surface area contributed by atoms with E-state index in [4.69, 9.17) is 16.0 Å². The molecule has 5 nitrogen and oxygen atoms in total. The Morgan fingerprint density at radius 3 is 2.85 bits per heavy atom. The van der Waals surface area contributed by atoms with Crippen LogP contribution in [0.1, 0.15) is 18.6 Å². The second-order valence-corrected chi connectivity index (χ2v) is 8.24. The molecule has 1 aromatic carbocycles. The van der Waals surface area contributed by atoms with Gasteiger partial charge in [-0.05, 0) is 64.8 Å². The van der Waals surface area contributed by atoms with Crippen molar-refractivity contribution in [3.8, 4) is 0 Å². The number of furan rings is 1. The minimum Gasteiger partial charge on any atom is -0.441 e. The highest BCUT2D eigenvalue weighted by atomic mass is 79.9. The zero-order valence-electron chi connectivity index (χ0n) is 13.7. The van der Waals surface area contributed by atoms with Gasteiger partial charge in [0, 0.05) is 29.7 Å². The maximum absolute atomic E-state index is 12.2. The standard InChI is InChI=1S/C18H15BrClN3O2S/c19-13-5-3-11(9-14(13)20)21-18-22-17(24)15(26-18)10-12-4-6-16(25-12)23-7-1-2-8-23/h3-6,9-10H,1-2,7-8H2,(H,21,22,24)/b15-10-. The Morgan fingerprint density at radius 2 is 2.08 bits per heavy atom. The Balaban J connectivity index is 1.51. The van der Waals surface area contributed by atoms with Crippen LogP contribution in [0.3, 0.4) is 0 Å². The molecule has 2 aliphatic rings. The van der Waals surface area contributed by atoms with Gasteiger partial charge in [-0.2, -0.15) is 0 Å². The van der Waals surface area contributed by atoms with Crippen molar-refractivity contribution in [2.24, 2.45) is 4.99 Å². The van der Waals surface area contributed by atoms with Gasteiger partial charge >= 0.3 is 0 Å². The first-order chi connectivity index (χ1) is 12.6. The molecule has 1 aromatic heterocycles. The van der Waals surface area contributed by atoms with Crippen LogP contribution < -0.4 is 10.2 Å². The number of halogens is 2. The molecule has 26 heavy (non-hydrogen) atoms. The number of amidine groups is 1. The van der Waals surface area contributed by atoms with Crippen LogP contribution in [0.4, 0.5) is 11.6 Å². The van der Waals surface area contributed by atoms with E-state index in [1.54, 1.807) is 12.1 Å². The summed E-state index contributed by atoms with van der Waals surface area (Å²) < 4.78 is 6.66. The van der Waals surface area contributed by atoms with E-state index in [1.165, 1.54) is 24.6 Å². The molecule has 2 aliphatic heterocycles. The molecule has 0 saturated carbocycles. The lowest BCUT2D eigenvalue weighted by Gasteiger charge is -2.12. The molecule has 134 valence electrons. The van der Waals surface area contributed by atoms with Crippen LogP contribution in [0, 0.1) is 0 Å². The molecule has 2 aromatic rings. The largest absolute Gasteiger partial charge is 0.441 e. The van der Waals surface area contributed by atoms with Gasteiger partial charge in [-0.15, -0.1) is 0 Å². The van der Waals surface area contributed by atoms with E-state index in [-0.39, 0.29) is 5.91 Å². The minimum atomic E-state index is -0.184. The number of thioether (sulfide) groups is 1. The fourth-order valence-electron chi connectivity index (χ4n) is 2.81. The van der Waals surface area contributed by atoms with Crippen LogP contribution in [-0.2, 0) is 4.79 Å². The Kier molecular flexibility index (Phi) is 5.11. The van der Waals surface area contributed by atoms with Gasteiger partial charge in [-0.25, -0.2) is 4.99 Å². The van der Waals surface area contributed by atoms with Crippen molar-refractivity contribution in [1.29, 1.82) is 0 Å². The van der Waals surface area contributed by atoms with Crippen LogP contribution in [0.5, 0.6) is 0 Å². The molecule has 4 rings (SSSR count). The smallest absolute Gasteiger partial charge is 0.264 e. The number of amides is 1. The summed E-state index contributed by atoms with van der Waals surface area (Å²) in [5.74, 6) is 1.34. The minimum absolute atomic E-state index is 0.184. The first-order valence-electron chi connectivity index (χ1n) is 8.18. The van der Waals surface area contributed by atoms with Crippen LogP contribution in [0.25, 0.3) is 6.08 Å². The number of hydrogen-bond acceptors (Lipinski definition) is 5. The highest BCUT2D eigenvalue weighted by molar-refractivity contribution is 9.10. The molecule has 0 spiro atoms. The van der Waals surface area contributed by atoms with Crippen molar-refractivity contribution >= 4 is 68.0 Å². The molecule has 2 saturated heterocycles. The Hall–Kier alpha value is -1.70. The summed E-state index contributed by atoms with van der Waals surface area (Å²) in [7, 11) is 0. The van der Waals surface area contributed by atoms with Gasteiger partial charge in [-0.1, -0.05) is 11.6 Å². The van der Waals surface area contributed by atoms with Gasteiger partial charge in [0.1, 0.15) is 5.76 Å². The number of hydrogen-bond donors (Lipinski definition) is 1. The predicted octanol–water partition coefficient (Wildman–Crippen LogP) is 5.19. The number of nitrogens with one attached hydrogen (secondary N) is 1. The van der Waals surface area contributed by atoms with Gasteiger partial charge in [0.05, 0.1) is 15.6 Å². The number of anilines is 1. The molecule has 2 fully saturated rings. The monoisotopic (exact) mass is 451 g/mol. The first kappa shape index (κ1) is 17.7. The zero-order chi connectivity index (χ0) is 18.1. The average Bonchev–Trinajstić information content (AvgIpc) is 3.33. The van der Waals surface area contributed by atoms with Crippen LogP contribution in [-0.4, -0.2) is 24.2 Å². The Bertz CT molecular complexity index is 919. The Morgan fingerprint density at radius 1 is 1.27 bits per heavy atom. The molecule has 1 N–H and O–H groups in total. The molecular formula is C18H15BrClN3O2S. The van der Waals surface area contributed by atoms with Gasteiger partial charge < -0.3 is 14.6 Å². The maximum atomic E-state index is 12.2. The third-order valence-electron chi connectivity index (χ3n) is 4.09. The van der Waals surface area contributed by atoms with E-state index in [0.29, 0.717) is 26.5 Å². The van der Waals surface area contributed by atoms with Crippen molar-refractivity contribution in [2.45, 2.75) is 12.8 Å². The quantitative estimate of drug-likeness (QED) is 0.651. The summed E-state index contributed by atoms with van der Waals surface area (Å²) in [5.41, 5.74) is 0.677. The van der Waals surface area contributed by atoms with E-state index >= 15 is 0 Å². The van der Waals surface area contributed by atoms with E-state index in [2.05, 4.69) is 31.1 Å². The lowest BCUT2D eigenvalue weighted by molar-refractivity contribution is -0.115. The summed E-state index contributed by atoms with van der Waals surface area (Å²) in [6.45, 7) is 2.04. The maximum Gasteiger partial charge on any atom is 0.264 e. The highest BCUT2D eigenvalue weighted by Crippen LogP contribution is 2.32. The first-order valence-corrected chi connectivity index (χ1v) is 10.2. The van der Waals surface area contributed by atoms with Crippen LogP contribution >= 0.6 is 39.3 Å². The molecule has 0 radical (unpaired) electrons. The molecule has 0 bridgehead atoms. The van der Waals surface area contributed by atoms with E-state index in [9.17, 15) is 4.79 Å². The zero-order valence-corrected chi connectivity index (χ0v) is 16.8. The van der Waals surface area contributed by atoms with Crippen LogP contribution in [0.15, 0.2) is 49.1 Å². The third-order valence-corrected chi connectivity index (χ3v) is 6.23. The second-order valence-electron chi connectivity index (χ2n) is 5.95. The molecule has 8 heteroatoms. The Labute approximate surface area is 168 Å². The summed E-state index contributed by atoms with van der Waals surface area (Å²) in [6.07, 6.45) is 4.13. The SMILES string of the molecule is O=C1NC(=Nc2ccc(Br)c(Cl)c2)S/C1=C\c1ccc(N2CCCC2)o1. The van der Waals surface area contributed by atoms with Crippen molar-refractivity contribution in [3.05, 3.63) is 50.5 Å². The van der Waals surface area contributed by atoms with Crippen molar-refractivity contribution in [1.82, 2.24) is 5.32 Å². The van der Waals surface area contributed by atoms with E-state index in [1.807, 2.05) is 24.3 Å². The van der Waals surface area contributed by atoms with Crippen LogP contribution in [0.2, 0.25) is 5.02 Å². The molecule has 0 atom stereocenters. The second kappa shape index (κ2) is 7.50. The number of aliphatic imine (C=N–C) groups is 1. The molecule has 0 aliphatic carbocycles. The number of carbonyl (C=O) groups is 1. The van der Waals surface area contributed by atoms with Gasteiger partial charge in [0.25, 0.3) is 5.91 Å². The topological polar surface area (TPSA) is 57.8 Å². The number of rotatable bonds is 3. The van der Waals surface area contributed by atoms with E-state index in [0.717, 1.165) is 23.4 Å². The lowest BCUT2D eigenvalue weighted by Crippen LogP contribution is -2.19. The molecule has 1 amide bonds. The fraction of sp³-hybridized carbons (Fsp3) is 0.222. The molecule has 0 unspecified atom stereocenters. The summed E-state index contributed by atoms with van der Waals surface area (Å²) >= 11 is 10.7. The average molecular weight is 453 g/mol. The summed E-state index contributed by atoms with van der Waals surface area (Å²) in [5, 5.41) is 3.86. The van der Waals surface area contributed by atoms with Gasteiger partial charge in [0.15, 0.2) is 11.1 Å². The van der Waals surface area contributed by atoms with Crippen molar-refractivity contribution < 1.29 is 9.21 Å². The summed E-state index contributed by atoms with van der Waals surface area (Å²) in [6, 6.07) is 9.23. The van der Waals surface area contributed by atoms with Gasteiger partial charge in [-0.3, -0.25) is 4.79 Å². The van der Waals surface area contributed by atoms with Gasteiger partial charge in [0.2, 0.25) is 0 Å². The lowest BCUT2D eigenvalue weighted by atomic mass is 10.3.